The Morgan fingerprint density at radius 3 is 2.30 bits per heavy atom. The van der Waals surface area contributed by atoms with Crippen LogP contribution >= 0.6 is 27.5 Å². The van der Waals surface area contributed by atoms with Crippen molar-refractivity contribution in [3.05, 3.63) is 28.8 Å². The molecule has 0 N–H and O–H groups in total. The molecule has 0 radical (unpaired) electrons. The van der Waals surface area contributed by atoms with E-state index in [0.29, 0.717) is 0 Å². The normalized spacial score (nSPS) is 11.1. The summed E-state index contributed by atoms with van der Waals surface area (Å²) in [6.07, 6.45) is 1.19. The molecule has 0 amide bonds. The van der Waals surface area contributed by atoms with Gasteiger partial charge in [-0.3, -0.25) is 0 Å². The summed E-state index contributed by atoms with van der Waals surface area (Å²) in [5.41, 5.74) is 2.57. The highest BCUT2D eigenvalue weighted by atomic mass is 79.9. The van der Waals surface area contributed by atoms with E-state index in [1.54, 1.807) is 0 Å². The van der Waals surface area contributed by atoms with Gasteiger partial charge in [0.2, 0.25) is 0 Å². The maximum atomic E-state index is 6.08. The zero-order chi connectivity index (χ0) is 15.0. The number of hydrogen-bond acceptors (Lipinski definition) is 2. The quantitative estimate of drug-likeness (QED) is 0.583. The van der Waals surface area contributed by atoms with Gasteiger partial charge in [0.15, 0.2) is 0 Å². The van der Waals surface area contributed by atoms with E-state index in [4.69, 9.17) is 11.6 Å². The summed E-state index contributed by atoms with van der Waals surface area (Å²) in [6, 6.07) is 6.18. The van der Waals surface area contributed by atoms with Gasteiger partial charge in [-0.15, -0.1) is 0 Å². The molecular formula is C16H26BrClN2. The van der Waals surface area contributed by atoms with E-state index < -0.39 is 0 Å². The van der Waals surface area contributed by atoms with Crippen molar-refractivity contribution < 1.29 is 0 Å². The molecule has 0 aliphatic rings. The van der Waals surface area contributed by atoms with E-state index in [9.17, 15) is 0 Å². The molecular weight excluding hydrogens is 336 g/mol. The molecule has 4 heteroatoms. The van der Waals surface area contributed by atoms with Crippen LogP contribution in [0.3, 0.4) is 0 Å². The van der Waals surface area contributed by atoms with E-state index in [0.717, 1.165) is 36.5 Å². The molecule has 20 heavy (non-hydrogen) atoms. The second-order valence-electron chi connectivity index (χ2n) is 4.87. The summed E-state index contributed by atoms with van der Waals surface area (Å²) in [6.45, 7) is 12.2. The molecule has 2 nitrogen and oxygen atoms in total. The second kappa shape index (κ2) is 9.64. The summed E-state index contributed by atoms with van der Waals surface area (Å²) in [4.78, 5) is 4.91. The second-order valence-corrected chi connectivity index (χ2v) is 5.86. The van der Waals surface area contributed by atoms with Crippen molar-refractivity contribution in [3.63, 3.8) is 0 Å². The first-order valence-corrected chi connectivity index (χ1v) is 8.97. The van der Waals surface area contributed by atoms with Crippen molar-refractivity contribution in [2.75, 3.05) is 37.6 Å². The van der Waals surface area contributed by atoms with Crippen molar-refractivity contribution in [3.8, 4) is 0 Å². The van der Waals surface area contributed by atoms with Crippen molar-refractivity contribution in [2.24, 2.45) is 0 Å². The standard InChI is InChI=1S/C16H26BrClN2/c1-4-19(5-2)10-7-11-20(6-3)16-9-8-15(18)12-14(16)13-17/h8-9,12H,4-7,10-11,13H2,1-3H3. The predicted molar refractivity (Wildman–Crippen MR) is 94.4 cm³/mol. The van der Waals surface area contributed by atoms with E-state index in [2.05, 4.69) is 58.6 Å². The average Bonchev–Trinajstić information content (AvgIpc) is 2.48. The number of nitrogens with zero attached hydrogens (tertiary/aromatic N) is 2. The minimum absolute atomic E-state index is 0.808. The van der Waals surface area contributed by atoms with Gasteiger partial charge in [-0.2, -0.15) is 0 Å². The highest BCUT2D eigenvalue weighted by Gasteiger charge is 2.10. The van der Waals surface area contributed by atoms with Gasteiger partial charge in [-0.05, 0) is 56.7 Å². The molecule has 0 spiro atoms. The number of hydrogen-bond donors (Lipinski definition) is 0. The van der Waals surface area contributed by atoms with Gasteiger partial charge in [0.1, 0.15) is 0 Å². The number of halogens is 2. The Morgan fingerprint density at radius 2 is 1.75 bits per heavy atom. The van der Waals surface area contributed by atoms with Crippen LogP contribution in [0.15, 0.2) is 18.2 Å². The number of alkyl halides is 1. The Labute approximate surface area is 137 Å². The summed E-state index contributed by atoms with van der Waals surface area (Å²) >= 11 is 9.64. The largest absolute Gasteiger partial charge is 0.372 e. The topological polar surface area (TPSA) is 6.48 Å². The van der Waals surface area contributed by atoms with Gasteiger partial charge in [0.05, 0.1) is 0 Å². The Hall–Kier alpha value is -0.250. The Bertz CT molecular complexity index is 394. The maximum Gasteiger partial charge on any atom is 0.0410 e. The predicted octanol–water partition coefficient (Wildman–Crippen LogP) is 4.79. The van der Waals surface area contributed by atoms with Gasteiger partial charge in [-0.25, -0.2) is 0 Å². The van der Waals surface area contributed by atoms with Crippen LogP contribution in [0, 0.1) is 0 Å². The van der Waals surface area contributed by atoms with Crippen molar-refractivity contribution in [1.82, 2.24) is 4.90 Å². The first kappa shape index (κ1) is 17.8. The fourth-order valence-electron chi connectivity index (χ4n) is 2.44. The molecule has 0 atom stereocenters. The zero-order valence-corrected chi connectivity index (χ0v) is 15.2. The van der Waals surface area contributed by atoms with Gasteiger partial charge in [0.25, 0.3) is 0 Å². The minimum Gasteiger partial charge on any atom is -0.372 e. The Balaban J connectivity index is 2.66. The lowest BCUT2D eigenvalue weighted by atomic mass is 10.1. The zero-order valence-electron chi connectivity index (χ0n) is 12.8. The Kier molecular flexibility index (Phi) is 8.58. The van der Waals surface area contributed by atoms with E-state index in [-0.39, 0.29) is 0 Å². The molecule has 1 aromatic carbocycles. The van der Waals surface area contributed by atoms with Gasteiger partial charge in [0, 0.05) is 29.1 Å². The average molecular weight is 362 g/mol. The molecule has 0 aromatic heterocycles. The molecule has 0 aliphatic carbocycles. The maximum absolute atomic E-state index is 6.08. The lowest BCUT2D eigenvalue weighted by Crippen LogP contribution is -2.30. The van der Waals surface area contributed by atoms with Gasteiger partial charge < -0.3 is 9.80 Å². The molecule has 0 fully saturated rings. The molecule has 0 saturated heterocycles. The molecule has 0 saturated carbocycles. The van der Waals surface area contributed by atoms with Crippen LogP contribution in [0.25, 0.3) is 0 Å². The number of rotatable bonds is 9. The van der Waals surface area contributed by atoms with E-state index in [1.165, 1.54) is 24.2 Å². The van der Waals surface area contributed by atoms with Gasteiger partial charge in [-0.1, -0.05) is 41.4 Å². The first-order chi connectivity index (χ1) is 9.65. The summed E-state index contributed by atoms with van der Waals surface area (Å²) < 4.78 is 0. The third-order valence-electron chi connectivity index (χ3n) is 3.70. The number of benzene rings is 1. The SMILES string of the molecule is CCN(CC)CCCN(CC)c1ccc(Cl)cc1CBr. The number of anilines is 1. The van der Waals surface area contributed by atoms with Crippen LogP contribution in [0.4, 0.5) is 5.69 Å². The highest BCUT2D eigenvalue weighted by molar-refractivity contribution is 9.08. The molecule has 0 aliphatic heterocycles. The van der Waals surface area contributed by atoms with Gasteiger partial charge >= 0.3 is 0 Å². The van der Waals surface area contributed by atoms with Crippen LogP contribution in [-0.2, 0) is 5.33 Å². The van der Waals surface area contributed by atoms with E-state index in [1.807, 2.05) is 6.07 Å². The molecule has 0 unspecified atom stereocenters. The monoisotopic (exact) mass is 360 g/mol. The van der Waals surface area contributed by atoms with Crippen LogP contribution in [0.2, 0.25) is 5.02 Å². The molecule has 1 aromatic rings. The van der Waals surface area contributed by atoms with Crippen LogP contribution in [0.5, 0.6) is 0 Å². The fraction of sp³-hybridized carbons (Fsp3) is 0.625. The molecule has 1 rings (SSSR count). The van der Waals surface area contributed by atoms with Crippen molar-refractivity contribution >= 4 is 33.2 Å². The first-order valence-electron chi connectivity index (χ1n) is 7.47. The van der Waals surface area contributed by atoms with Crippen LogP contribution in [0.1, 0.15) is 32.8 Å². The molecule has 0 heterocycles. The lowest BCUT2D eigenvalue weighted by molar-refractivity contribution is 0.300. The summed E-state index contributed by atoms with van der Waals surface area (Å²) in [5, 5.41) is 1.65. The third-order valence-corrected chi connectivity index (χ3v) is 4.54. The Morgan fingerprint density at radius 1 is 1.05 bits per heavy atom. The summed E-state index contributed by atoms with van der Waals surface area (Å²) in [7, 11) is 0. The minimum atomic E-state index is 0.808. The van der Waals surface area contributed by atoms with Crippen LogP contribution < -0.4 is 4.90 Å². The summed E-state index contributed by atoms with van der Waals surface area (Å²) in [5.74, 6) is 0. The lowest BCUT2D eigenvalue weighted by Gasteiger charge is -2.27. The molecule has 0 bridgehead atoms. The smallest absolute Gasteiger partial charge is 0.0410 e. The highest BCUT2D eigenvalue weighted by Crippen LogP contribution is 2.26. The van der Waals surface area contributed by atoms with E-state index >= 15 is 0 Å². The van der Waals surface area contributed by atoms with Crippen molar-refractivity contribution in [1.29, 1.82) is 0 Å². The van der Waals surface area contributed by atoms with Crippen molar-refractivity contribution in [2.45, 2.75) is 32.5 Å². The fourth-order valence-corrected chi connectivity index (χ4v) is 3.09. The van der Waals surface area contributed by atoms with Crippen LogP contribution in [-0.4, -0.2) is 37.6 Å². The third kappa shape index (κ3) is 5.27. The molecule has 114 valence electrons.